The average Bonchev–Trinajstić information content (AvgIpc) is 2.39. The number of aliphatic hydroxyl groups is 2. The van der Waals surface area contributed by atoms with Crippen molar-refractivity contribution in [3.05, 3.63) is 23.7 Å². The third-order valence-corrected chi connectivity index (χ3v) is 1.60. The maximum absolute atomic E-state index is 8.77. The highest BCUT2D eigenvalue weighted by molar-refractivity contribution is 5.10. The van der Waals surface area contributed by atoms with Crippen LogP contribution in [0.5, 0.6) is 0 Å². The predicted molar refractivity (Wildman–Crippen MR) is 40.4 cm³/mol. The van der Waals surface area contributed by atoms with Gasteiger partial charge in [-0.3, -0.25) is 0 Å². The van der Waals surface area contributed by atoms with Crippen LogP contribution in [0.4, 0.5) is 0 Å². The first-order valence-electron chi connectivity index (χ1n) is 3.56. The maximum atomic E-state index is 8.77. The van der Waals surface area contributed by atoms with Crippen molar-refractivity contribution >= 4 is 0 Å². The van der Waals surface area contributed by atoms with Crippen molar-refractivity contribution in [3.63, 3.8) is 0 Å². The second kappa shape index (κ2) is 3.55. The molecule has 11 heavy (non-hydrogen) atoms. The molecule has 0 amide bonds. The van der Waals surface area contributed by atoms with E-state index in [1.54, 1.807) is 6.07 Å². The molecule has 1 aromatic rings. The van der Waals surface area contributed by atoms with Crippen molar-refractivity contribution in [2.45, 2.75) is 12.8 Å². The third-order valence-electron chi connectivity index (χ3n) is 1.60. The summed E-state index contributed by atoms with van der Waals surface area (Å²) in [7, 11) is 0. The highest BCUT2D eigenvalue weighted by atomic mass is 16.3. The molecular formula is C8H12O3. The molecule has 0 aliphatic carbocycles. The van der Waals surface area contributed by atoms with Crippen molar-refractivity contribution in [3.8, 4) is 0 Å². The molecule has 0 aliphatic heterocycles. The Hall–Kier alpha value is -0.800. The summed E-state index contributed by atoms with van der Waals surface area (Å²) in [5.74, 6) is 1.17. The number of aliphatic hydroxyl groups excluding tert-OH is 2. The summed E-state index contributed by atoms with van der Waals surface area (Å²) in [5.41, 5.74) is 0. The molecule has 0 aromatic carbocycles. The van der Waals surface area contributed by atoms with E-state index >= 15 is 0 Å². The average molecular weight is 156 g/mol. The molecule has 0 unspecified atom stereocenters. The molecule has 0 saturated carbocycles. The van der Waals surface area contributed by atoms with Crippen LogP contribution in [0.1, 0.15) is 17.4 Å². The number of furan rings is 1. The molecule has 1 rings (SSSR count). The van der Waals surface area contributed by atoms with Crippen LogP contribution in [0.15, 0.2) is 16.5 Å². The molecule has 0 atom stereocenters. The molecule has 3 nitrogen and oxygen atoms in total. The quantitative estimate of drug-likeness (QED) is 0.675. The number of hydrogen-bond donors (Lipinski definition) is 2. The van der Waals surface area contributed by atoms with Gasteiger partial charge in [-0.1, -0.05) is 0 Å². The van der Waals surface area contributed by atoms with Gasteiger partial charge in [-0.2, -0.15) is 0 Å². The summed E-state index contributed by atoms with van der Waals surface area (Å²) in [5, 5.41) is 17.5. The van der Waals surface area contributed by atoms with Crippen LogP contribution in [0, 0.1) is 6.92 Å². The zero-order valence-electron chi connectivity index (χ0n) is 6.45. The molecule has 62 valence electrons. The summed E-state index contributed by atoms with van der Waals surface area (Å²) in [6, 6.07) is 3.58. The van der Waals surface area contributed by atoms with Crippen molar-refractivity contribution in [1.82, 2.24) is 0 Å². The molecule has 0 saturated heterocycles. The smallest absolute Gasteiger partial charge is 0.111 e. The van der Waals surface area contributed by atoms with Crippen LogP contribution in [-0.2, 0) is 0 Å². The van der Waals surface area contributed by atoms with E-state index in [-0.39, 0.29) is 19.1 Å². The lowest BCUT2D eigenvalue weighted by atomic mass is 10.1. The highest BCUT2D eigenvalue weighted by Gasteiger charge is 2.11. The Morgan fingerprint density at radius 2 is 2.00 bits per heavy atom. The number of rotatable bonds is 3. The van der Waals surface area contributed by atoms with E-state index in [9.17, 15) is 0 Å². The molecular weight excluding hydrogens is 144 g/mol. The topological polar surface area (TPSA) is 53.6 Å². The third kappa shape index (κ3) is 1.82. The second-order valence-electron chi connectivity index (χ2n) is 2.51. The number of aryl methyl sites for hydroxylation is 1. The van der Waals surface area contributed by atoms with Crippen LogP contribution in [-0.4, -0.2) is 23.4 Å². The fraction of sp³-hybridized carbons (Fsp3) is 0.500. The molecule has 3 heteroatoms. The lowest BCUT2D eigenvalue weighted by Gasteiger charge is -2.05. The van der Waals surface area contributed by atoms with Crippen LogP contribution in [0.2, 0.25) is 0 Å². The lowest BCUT2D eigenvalue weighted by Crippen LogP contribution is -2.07. The van der Waals surface area contributed by atoms with Gasteiger partial charge in [0.2, 0.25) is 0 Å². The second-order valence-corrected chi connectivity index (χ2v) is 2.51. The Bertz CT molecular complexity index is 213. The lowest BCUT2D eigenvalue weighted by molar-refractivity contribution is 0.177. The van der Waals surface area contributed by atoms with Gasteiger partial charge in [0.05, 0.1) is 19.1 Å². The van der Waals surface area contributed by atoms with E-state index in [1.165, 1.54) is 0 Å². The largest absolute Gasteiger partial charge is 0.466 e. The van der Waals surface area contributed by atoms with Gasteiger partial charge in [-0.15, -0.1) is 0 Å². The van der Waals surface area contributed by atoms with Gasteiger partial charge < -0.3 is 14.6 Å². The van der Waals surface area contributed by atoms with E-state index < -0.39 is 0 Å². The summed E-state index contributed by atoms with van der Waals surface area (Å²) < 4.78 is 5.21. The Morgan fingerprint density at radius 1 is 1.36 bits per heavy atom. The summed E-state index contributed by atoms with van der Waals surface area (Å²) >= 11 is 0. The maximum Gasteiger partial charge on any atom is 0.111 e. The molecule has 0 fully saturated rings. The zero-order valence-corrected chi connectivity index (χ0v) is 6.45. The first kappa shape index (κ1) is 8.30. The summed E-state index contributed by atoms with van der Waals surface area (Å²) in [6.45, 7) is 1.67. The predicted octanol–water partition coefficient (Wildman–Crippen LogP) is 0.656. The van der Waals surface area contributed by atoms with Crippen LogP contribution in [0.3, 0.4) is 0 Å². The number of hydrogen-bond acceptors (Lipinski definition) is 3. The fourth-order valence-electron chi connectivity index (χ4n) is 0.911. The normalized spacial score (nSPS) is 10.9. The molecule has 2 N–H and O–H groups in total. The molecule has 0 radical (unpaired) electrons. The van der Waals surface area contributed by atoms with Gasteiger partial charge in [0.15, 0.2) is 0 Å². The van der Waals surface area contributed by atoms with Crippen molar-refractivity contribution in [2.24, 2.45) is 0 Å². The van der Waals surface area contributed by atoms with Gasteiger partial charge in [0.1, 0.15) is 11.5 Å². The fourth-order valence-corrected chi connectivity index (χ4v) is 0.911. The Kier molecular flexibility index (Phi) is 2.68. The van der Waals surface area contributed by atoms with E-state index in [4.69, 9.17) is 14.6 Å². The van der Waals surface area contributed by atoms with E-state index in [1.807, 2.05) is 13.0 Å². The molecule has 0 bridgehead atoms. The van der Waals surface area contributed by atoms with Crippen LogP contribution < -0.4 is 0 Å². The van der Waals surface area contributed by atoms with Gasteiger partial charge >= 0.3 is 0 Å². The van der Waals surface area contributed by atoms with Crippen LogP contribution >= 0.6 is 0 Å². The standard InChI is InChI=1S/C8H12O3/c1-6-2-3-8(11-6)7(4-9)5-10/h2-3,7,9-10H,4-5H2,1H3. The summed E-state index contributed by atoms with van der Waals surface area (Å²) in [6.07, 6.45) is 0. The minimum absolute atomic E-state index is 0.0799. The van der Waals surface area contributed by atoms with Gasteiger partial charge in [0, 0.05) is 0 Å². The molecule has 1 aromatic heterocycles. The minimum Gasteiger partial charge on any atom is -0.466 e. The minimum atomic E-state index is -0.274. The summed E-state index contributed by atoms with van der Waals surface area (Å²) in [4.78, 5) is 0. The highest BCUT2D eigenvalue weighted by Crippen LogP contribution is 2.16. The molecule has 0 spiro atoms. The first-order chi connectivity index (χ1) is 5.27. The zero-order chi connectivity index (χ0) is 8.27. The van der Waals surface area contributed by atoms with Crippen molar-refractivity contribution in [1.29, 1.82) is 0 Å². The first-order valence-corrected chi connectivity index (χ1v) is 3.56. The van der Waals surface area contributed by atoms with Gasteiger partial charge in [-0.25, -0.2) is 0 Å². The van der Waals surface area contributed by atoms with Crippen LogP contribution in [0.25, 0.3) is 0 Å². The van der Waals surface area contributed by atoms with Gasteiger partial charge in [-0.05, 0) is 19.1 Å². The monoisotopic (exact) mass is 156 g/mol. The van der Waals surface area contributed by atoms with Crippen molar-refractivity contribution in [2.75, 3.05) is 13.2 Å². The van der Waals surface area contributed by atoms with E-state index in [0.717, 1.165) is 5.76 Å². The molecule has 1 heterocycles. The Balaban J connectivity index is 2.73. The van der Waals surface area contributed by atoms with Crippen molar-refractivity contribution < 1.29 is 14.6 Å². The molecule has 0 aliphatic rings. The Morgan fingerprint density at radius 3 is 2.36 bits per heavy atom. The van der Waals surface area contributed by atoms with E-state index in [0.29, 0.717) is 5.76 Å². The van der Waals surface area contributed by atoms with Gasteiger partial charge in [0.25, 0.3) is 0 Å². The SMILES string of the molecule is Cc1ccc(C(CO)CO)o1. The Labute approximate surface area is 65.3 Å². The van der Waals surface area contributed by atoms with E-state index in [2.05, 4.69) is 0 Å².